The molecule has 7 nitrogen and oxygen atoms in total. The van der Waals surface area contributed by atoms with Crippen LogP contribution < -0.4 is 10.6 Å². The number of hydrogen-bond acceptors (Lipinski definition) is 5. The Hall–Kier alpha value is -2.28. The van der Waals surface area contributed by atoms with E-state index in [1.165, 1.54) is 0 Å². The number of rotatable bonds is 10. The van der Waals surface area contributed by atoms with Crippen LogP contribution in [0.25, 0.3) is 0 Å². The van der Waals surface area contributed by atoms with Crippen LogP contribution in [0.1, 0.15) is 56.5 Å². The predicted molar refractivity (Wildman–Crippen MR) is 108 cm³/mol. The van der Waals surface area contributed by atoms with E-state index in [-0.39, 0.29) is 6.04 Å². The summed E-state index contributed by atoms with van der Waals surface area (Å²) in [6.45, 7) is 11.8. The smallest absolute Gasteiger partial charge is 0.191 e. The van der Waals surface area contributed by atoms with Crippen LogP contribution in [0.15, 0.2) is 32.3 Å². The van der Waals surface area contributed by atoms with Crippen LogP contribution in [0, 0.1) is 0 Å². The summed E-state index contributed by atoms with van der Waals surface area (Å²) >= 11 is 0. The lowest BCUT2D eigenvalue weighted by Crippen LogP contribution is -2.43. The summed E-state index contributed by atoms with van der Waals surface area (Å²) < 4.78 is 11.1. The van der Waals surface area contributed by atoms with Gasteiger partial charge in [-0.05, 0) is 31.6 Å². The summed E-state index contributed by atoms with van der Waals surface area (Å²) in [5.74, 6) is 2.65. The van der Waals surface area contributed by atoms with Gasteiger partial charge in [-0.3, -0.25) is 9.89 Å². The lowest BCUT2D eigenvalue weighted by atomic mass is 10.1. The van der Waals surface area contributed by atoms with Crippen molar-refractivity contribution in [3.05, 3.63) is 41.2 Å². The van der Waals surface area contributed by atoms with E-state index in [4.69, 9.17) is 8.94 Å². The van der Waals surface area contributed by atoms with Gasteiger partial charge in [-0.1, -0.05) is 32.9 Å². The van der Waals surface area contributed by atoms with Crippen LogP contribution >= 0.6 is 0 Å². The summed E-state index contributed by atoms with van der Waals surface area (Å²) in [6, 6.07) is 4.11. The number of furan rings is 1. The molecule has 0 aromatic carbocycles. The van der Waals surface area contributed by atoms with E-state index in [9.17, 15) is 0 Å². The molecule has 0 aliphatic rings. The fraction of sp³-hybridized carbons (Fsp3) is 0.600. The summed E-state index contributed by atoms with van der Waals surface area (Å²) in [6.07, 6.45) is 3.41. The van der Waals surface area contributed by atoms with Crippen LogP contribution in [0.2, 0.25) is 0 Å². The molecule has 0 aliphatic heterocycles. The predicted octanol–water partition coefficient (Wildman–Crippen LogP) is 3.14. The van der Waals surface area contributed by atoms with Crippen LogP contribution in [0.4, 0.5) is 0 Å². The van der Waals surface area contributed by atoms with Crippen molar-refractivity contribution in [1.29, 1.82) is 0 Å². The minimum Gasteiger partial charge on any atom is -0.468 e. The highest BCUT2D eigenvalue weighted by Crippen LogP contribution is 2.20. The maximum Gasteiger partial charge on any atom is 0.191 e. The van der Waals surface area contributed by atoms with Crippen molar-refractivity contribution in [2.45, 2.75) is 53.1 Å². The second kappa shape index (κ2) is 10.8. The molecule has 0 aliphatic carbocycles. The van der Waals surface area contributed by atoms with Crippen molar-refractivity contribution in [3.8, 4) is 0 Å². The van der Waals surface area contributed by atoms with Gasteiger partial charge in [0, 0.05) is 32.1 Å². The fourth-order valence-corrected chi connectivity index (χ4v) is 3.28. The molecule has 7 heteroatoms. The van der Waals surface area contributed by atoms with Gasteiger partial charge < -0.3 is 19.6 Å². The van der Waals surface area contributed by atoms with Crippen molar-refractivity contribution in [3.63, 3.8) is 0 Å². The minimum absolute atomic E-state index is 0.154. The molecule has 2 heterocycles. The van der Waals surface area contributed by atoms with Gasteiger partial charge in [-0.15, -0.1) is 0 Å². The largest absolute Gasteiger partial charge is 0.468 e. The highest BCUT2D eigenvalue weighted by atomic mass is 16.5. The third-order valence-corrected chi connectivity index (χ3v) is 4.85. The average molecular weight is 376 g/mol. The Balaban J connectivity index is 2.01. The lowest BCUT2D eigenvalue weighted by Gasteiger charge is -2.28. The van der Waals surface area contributed by atoms with Gasteiger partial charge in [-0.2, -0.15) is 0 Å². The van der Waals surface area contributed by atoms with E-state index in [0.717, 1.165) is 54.7 Å². The maximum atomic E-state index is 5.66. The molecule has 0 saturated carbocycles. The third-order valence-electron chi connectivity index (χ3n) is 4.85. The molecule has 0 amide bonds. The Morgan fingerprint density at radius 1 is 1.19 bits per heavy atom. The Labute approximate surface area is 162 Å². The van der Waals surface area contributed by atoms with Crippen molar-refractivity contribution in [2.75, 3.05) is 26.7 Å². The Morgan fingerprint density at radius 3 is 2.52 bits per heavy atom. The molecule has 2 aromatic rings. The van der Waals surface area contributed by atoms with Gasteiger partial charge >= 0.3 is 0 Å². The van der Waals surface area contributed by atoms with Gasteiger partial charge in [0.1, 0.15) is 11.5 Å². The average Bonchev–Trinajstić information content (AvgIpc) is 3.36. The quantitative estimate of drug-likeness (QED) is 0.491. The zero-order chi connectivity index (χ0) is 19.6. The van der Waals surface area contributed by atoms with Crippen molar-refractivity contribution < 1.29 is 8.94 Å². The number of aryl methyl sites for hydroxylation is 2. The van der Waals surface area contributed by atoms with Crippen molar-refractivity contribution >= 4 is 5.96 Å². The van der Waals surface area contributed by atoms with E-state index >= 15 is 0 Å². The fourth-order valence-electron chi connectivity index (χ4n) is 3.28. The van der Waals surface area contributed by atoms with E-state index in [2.05, 4.69) is 53.4 Å². The number of aliphatic imine (C=N–C) groups is 1. The first-order chi connectivity index (χ1) is 13.2. The molecule has 27 heavy (non-hydrogen) atoms. The molecule has 1 unspecified atom stereocenters. The first-order valence-corrected chi connectivity index (χ1v) is 9.86. The maximum absolute atomic E-state index is 5.66. The molecule has 2 N–H and O–H groups in total. The molecule has 2 aromatic heterocycles. The molecule has 0 saturated heterocycles. The number of hydrogen-bond donors (Lipinski definition) is 2. The van der Waals surface area contributed by atoms with E-state index in [0.29, 0.717) is 13.1 Å². The molecule has 2 rings (SSSR count). The summed E-state index contributed by atoms with van der Waals surface area (Å²) in [5.41, 5.74) is 2.14. The van der Waals surface area contributed by atoms with Crippen molar-refractivity contribution in [2.24, 2.45) is 4.99 Å². The third kappa shape index (κ3) is 5.35. The molecule has 0 fully saturated rings. The van der Waals surface area contributed by atoms with Crippen LogP contribution in [0.3, 0.4) is 0 Å². The van der Waals surface area contributed by atoms with E-state index in [1.807, 2.05) is 12.1 Å². The van der Waals surface area contributed by atoms with E-state index in [1.54, 1.807) is 13.3 Å². The Morgan fingerprint density at radius 2 is 1.96 bits per heavy atom. The molecule has 0 radical (unpaired) electrons. The van der Waals surface area contributed by atoms with Crippen LogP contribution in [0.5, 0.6) is 0 Å². The van der Waals surface area contributed by atoms with Crippen LogP contribution in [-0.4, -0.2) is 42.7 Å². The minimum atomic E-state index is 0.154. The standard InChI is InChI=1S/C20H33N5O2/c1-6-16-15(18(7-2)27-24-16)13-22-20(21-5)23-14-17(25(8-3)9-4)19-11-10-12-26-19/h10-12,17H,6-9,13-14H2,1-5H3,(H2,21,22,23). The van der Waals surface area contributed by atoms with Gasteiger partial charge in [0.15, 0.2) is 5.96 Å². The summed E-state index contributed by atoms with van der Waals surface area (Å²) in [5, 5.41) is 11.0. The SMILES string of the molecule is CCc1noc(CC)c1CNC(=NC)NCC(c1ccco1)N(CC)CC. The second-order valence-electron chi connectivity index (χ2n) is 6.30. The zero-order valence-corrected chi connectivity index (χ0v) is 17.2. The normalized spacial score (nSPS) is 13.2. The number of nitrogens with zero attached hydrogens (tertiary/aromatic N) is 3. The van der Waals surface area contributed by atoms with Gasteiger partial charge in [-0.25, -0.2) is 0 Å². The van der Waals surface area contributed by atoms with Gasteiger partial charge in [0.25, 0.3) is 0 Å². The zero-order valence-electron chi connectivity index (χ0n) is 17.2. The lowest BCUT2D eigenvalue weighted by molar-refractivity contribution is 0.193. The molecule has 1 atom stereocenters. The first-order valence-electron chi connectivity index (χ1n) is 9.86. The van der Waals surface area contributed by atoms with Crippen molar-refractivity contribution in [1.82, 2.24) is 20.7 Å². The summed E-state index contributed by atoms with van der Waals surface area (Å²) in [4.78, 5) is 6.72. The van der Waals surface area contributed by atoms with Gasteiger partial charge in [0.2, 0.25) is 0 Å². The summed E-state index contributed by atoms with van der Waals surface area (Å²) in [7, 11) is 1.78. The van der Waals surface area contributed by atoms with Gasteiger partial charge in [0.05, 0.1) is 18.0 Å². The number of nitrogens with one attached hydrogen (secondary N) is 2. The molecule has 150 valence electrons. The number of guanidine groups is 1. The topological polar surface area (TPSA) is 78.8 Å². The molecule has 0 spiro atoms. The number of aromatic nitrogens is 1. The Bertz CT molecular complexity index is 668. The molecule has 0 bridgehead atoms. The highest BCUT2D eigenvalue weighted by molar-refractivity contribution is 5.79. The second-order valence-corrected chi connectivity index (χ2v) is 6.30. The molecular formula is C20H33N5O2. The monoisotopic (exact) mass is 375 g/mol. The van der Waals surface area contributed by atoms with Crippen LogP contribution in [-0.2, 0) is 19.4 Å². The number of likely N-dealkylation sites (N-methyl/N-ethyl adjacent to an activating group) is 1. The van der Waals surface area contributed by atoms with E-state index < -0.39 is 0 Å². The first kappa shape index (κ1) is 21.0. The highest BCUT2D eigenvalue weighted by Gasteiger charge is 2.21. The molecular weight excluding hydrogens is 342 g/mol. The Kier molecular flexibility index (Phi) is 8.39.